The Hall–Kier alpha value is -0.420. The van der Waals surface area contributed by atoms with Crippen LogP contribution in [0.3, 0.4) is 0 Å². The van der Waals surface area contributed by atoms with E-state index in [-0.39, 0.29) is 12.4 Å². The second-order valence-corrected chi connectivity index (χ2v) is 4.63. The van der Waals surface area contributed by atoms with Crippen molar-refractivity contribution in [3.63, 3.8) is 0 Å². The number of nitrogens with one attached hydrogen (secondary N) is 1. The van der Waals surface area contributed by atoms with Crippen molar-refractivity contribution in [1.82, 2.24) is 20.4 Å². The summed E-state index contributed by atoms with van der Waals surface area (Å²) in [6, 6.07) is 4.38. The van der Waals surface area contributed by atoms with Gasteiger partial charge in [-0.3, -0.25) is 4.90 Å². The third kappa shape index (κ3) is 4.39. The highest BCUT2D eigenvalue weighted by Crippen LogP contribution is 2.12. The largest absolute Gasteiger partial charge is 0.317 e. The first-order valence-corrected chi connectivity index (χ1v) is 6.02. The predicted molar refractivity (Wildman–Crippen MR) is 71.6 cm³/mol. The molecule has 0 aromatic carbocycles. The van der Waals surface area contributed by atoms with E-state index in [4.69, 9.17) is 11.6 Å². The molecule has 1 fully saturated rings. The number of hydrogen-bond donors (Lipinski definition) is 1. The van der Waals surface area contributed by atoms with Crippen LogP contribution >= 0.6 is 24.0 Å². The lowest BCUT2D eigenvalue weighted by molar-refractivity contribution is 0.189. The maximum absolute atomic E-state index is 5.70. The molecule has 6 heteroatoms. The van der Waals surface area contributed by atoms with Gasteiger partial charge in [0.1, 0.15) is 0 Å². The summed E-state index contributed by atoms with van der Waals surface area (Å²) in [4.78, 5) is 2.35. The number of nitrogens with zero attached hydrogens (tertiary/aromatic N) is 3. The molecule has 0 spiro atoms. The van der Waals surface area contributed by atoms with Crippen molar-refractivity contribution in [3.05, 3.63) is 23.0 Å². The molecule has 0 bridgehead atoms. The molecule has 2 rings (SSSR count). The number of aromatic nitrogens is 2. The van der Waals surface area contributed by atoms with Crippen LogP contribution in [0.15, 0.2) is 12.1 Å². The number of halogens is 2. The van der Waals surface area contributed by atoms with Crippen LogP contribution in [0.1, 0.15) is 18.5 Å². The van der Waals surface area contributed by atoms with E-state index in [1.54, 1.807) is 6.07 Å². The van der Waals surface area contributed by atoms with Gasteiger partial charge in [0.15, 0.2) is 5.15 Å². The van der Waals surface area contributed by atoms with E-state index in [1.807, 2.05) is 6.07 Å². The smallest absolute Gasteiger partial charge is 0.151 e. The summed E-state index contributed by atoms with van der Waals surface area (Å²) in [6.07, 6.45) is 2.41. The summed E-state index contributed by atoms with van der Waals surface area (Å²) >= 11 is 5.70. The molecule has 0 aliphatic carbocycles. The summed E-state index contributed by atoms with van der Waals surface area (Å²) < 4.78 is 0. The number of piperidine rings is 1. The summed E-state index contributed by atoms with van der Waals surface area (Å²) in [7, 11) is 2.15. The van der Waals surface area contributed by atoms with E-state index in [9.17, 15) is 0 Å². The minimum Gasteiger partial charge on any atom is -0.317 e. The van der Waals surface area contributed by atoms with Crippen LogP contribution < -0.4 is 5.32 Å². The molecule has 4 nitrogen and oxygen atoms in total. The molecule has 1 saturated heterocycles. The average Bonchev–Trinajstić information content (AvgIpc) is 2.33. The van der Waals surface area contributed by atoms with Gasteiger partial charge in [-0.2, -0.15) is 5.10 Å². The van der Waals surface area contributed by atoms with E-state index in [1.165, 1.54) is 12.8 Å². The first-order valence-electron chi connectivity index (χ1n) is 5.65. The fourth-order valence-corrected chi connectivity index (χ4v) is 2.16. The van der Waals surface area contributed by atoms with Gasteiger partial charge in [-0.1, -0.05) is 11.6 Å². The highest BCUT2D eigenvalue weighted by atomic mass is 35.5. The van der Waals surface area contributed by atoms with Crippen molar-refractivity contribution in [3.8, 4) is 0 Å². The molecular weight excluding hydrogens is 259 g/mol. The van der Waals surface area contributed by atoms with Gasteiger partial charge in [0.25, 0.3) is 0 Å². The molecule has 0 amide bonds. The molecule has 1 aliphatic heterocycles. The monoisotopic (exact) mass is 276 g/mol. The Morgan fingerprint density at radius 1 is 1.35 bits per heavy atom. The first-order chi connectivity index (χ1) is 7.75. The zero-order valence-corrected chi connectivity index (χ0v) is 11.5. The highest BCUT2D eigenvalue weighted by molar-refractivity contribution is 6.29. The summed E-state index contributed by atoms with van der Waals surface area (Å²) in [5.41, 5.74) is 0.977. The Bertz CT molecular complexity index is 325. The lowest BCUT2D eigenvalue weighted by Gasteiger charge is -2.31. The van der Waals surface area contributed by atoms with Crippen molar-refractivity contribution < 1.29 is 0 Å². The molecule has 1 N–H and O–H groups in total. The zero-order valence-electron chi connectivity index (χ0n) is 9.90. The normalized spacial score (nSPS) is 16.9. The van der Waals surface area contributed by atoms with Crippen molar-refractivity contribution in [2.24, 2.45) is 0 Å². The Labute approximate surface area is 113 Å². The van der Waals surface area contributed by atoms with Crippen molar-refractivity contribution in [2.45, 2.75) is 25.4 Å². The van der Waals surface area contributed by atoms with Crippen molar-refractivity contribution in [1.29, 1.82) is 0 Å². The summed E-state index contributed by atoms with van der Waals surface area (Å²) in [5, 5.41) is 11.7. The quantitative estimate of drug-likeness (QED) is 0.913. The average molecular weight is 277 g/mol. The van der Waals surface area contributed by atoms with Crippen LogP contribution in [-0.2, 0) is 6.54 Å². The van der Waals surface area contributed by atoms with E-state index in [0.717, 1.165) is 25.3 Å². The lowest BCUT2D eigenvalue weighted by atomic mass is 10.1. The van der Waals surface area contributed by atoms with Gasteiger partial charge < -0.3 is 5.32 Å². The highest BCUT2D eigenvalue weighted by Gasteiger charge is 2.17. The third-order valence-electron chi connectivity index (χ3n) is 3.03. The van der Waals surface area contributed by atoms with Gasteiger partial charge in [0, 0.05) is 12.6 Å². The van der Waals surface area contributed by atoms with Gasteiger partial charge in [-0.15, -0.1) is 17.5 Å². The van der Waals surface area contributed by atoms with Crippen molar-refractivity contribution in [2.75, 3.05) is 20.1 Å². The molecule has 0 atom stereocenters. The van der Waals surface area contributed by atoms with Gasteiger partial charge in [-0.25, -0.2) is 0 Å². The van der Waals surface area contributed by atoms with Crippen LogP contribution in [0.2, 0.25) is 5.15 Å². The Balaban J connectivity index is 0.00000144. The Morgan fingerprint density at radius 2 is 2.06 bits per heavy atom. The molecule has 0 radical (unpaired) electrons. The summed E-state index contributed by atoms with van der Waals surface area (Å²) in [6.45, 7) is 3.07. The van der Waals surface area contributed by atoms with E-state index >= 15 is 0 Å². The standard InChI is InChI=1S/C11H17ClN4.ClH/c1-16(10-4-6-13-7-5-10)8-9-2-3-11(12)15-14-9;/h2-3,10,13H,4-8H2,1H3;1H. The zero-order chi connectivity index (χ0) is 11.4. The summed E-state index contributed by atoms with van der Waals surface area (Å²) in [5.74, 6) is 0. The number of rotatable bonds is 3. The maximum Gasteiger partial charge on any atom is 0.151 e. The molecule has 1 aliphatic rings. The minimum atomic E-state index is 0. The topological polar surface area (TPSA) is 41.1 Å². The Morgan fingerprint density at radius 3 is 2.65 bits per heavy atom. The van der Waals surface area contributed by atoms with Crippen LogP contribution in [0.5, 0.6) is 0 Å². The molecule has 17 heavy (non-hydrogen) atoms. The molecule has 2 heterocycles. The maximum atomic E-state index is 5.70. The first kappa shape index (κ1) is 14.6. The fraction of sp³-hybridized carbons (Fsp3) is 0.636. The molecule has 0 saturated carbocycles. The lowest BCUT2D eigenvalue weighted by Crippen LogP contribution is -2.40. The van der Waals surface area contributed by atoms with Gasteiger partial charge in [0.2, 0.25) is 0 Å². The SMILES string of the molecule is CN(Cc1ccc(Cl)nn1)C1CCNCC1.Cl. The molecule has 1 aromatic rings. The molecule has 96 valence electrons. The van der Waals surface area contributed by atoms with Crippen LogP contribution in [0, 0.1) is 0 Å². The minimum absolute atomic E-state index is 0. The number of hydrogen-bond acceptors (Lipinski definition) is 4. The molecule has 0 unspecified atom stereocenters. The van der Waals surface area contributed by atoms with Crippen LogP contribution in [0.4, 0.5) is 0 Å². The van der Waals surface area contributed by atoms with E-state index < -0.39 is 0 Å². The molecule has 1 aromatic heterocycles. The van der Waals surface area contributed by atoms with Crippen LogP contribution in [0.25, 0.3) is 0 Å². The fourth-order valence-electron chi connectivity index (χ4n) is 2.06. The van der Waals surface area contributed by atoms with E-state index in [0.29, 0.717) is 11.2 Å². The van der Waals surface area contributed by atoms with Gasteiger partial charge in [0.05, 0.1) is 5.69 Å². The van der Waals surface area contributed by atoms with Gasteiger partial charge in [-0.05, 0) is 45.1 Å². The third-order valence-corrected chi connectivity index (χ3v) is 3.23. The molecular formula is C11H18Cl2N4. The van der Waals surface area contributed by atoms with E-state index in [2.05, 4.69) is 27.5 Å². The van der Waals surface area contributed by atoms with Gasteiger partial charge >= 0.3 is 0 Å². The Kier molecular flexibility index (Phi) is 6.12. The van der Waals surface area contributed by atoms with Crippen LogP contribution in [-0.4, -0.2) is 41.3 Å². The van der Waals surface area contributed by atoms with Crippen molar-refractivity contribution >= 4 is 24.0 Å². The second kappa shape index (κ2) is 7.11. The predicted octanol–water partition coefficient (Wildman–Crippen LogP) is 1.74. The second-order valence-electron chi connectivity index (χ2n) is 4.24.